The van der Waals surface area contributed by atoms with Crippen molar-refractivity contribution in [2.45, 2.75) is 13.8 Å². The third kappa shape index (κ3) is 3.32. The van der Waals surface area contributed by atoms with Gasteiger partial charge in [0.05, 0.1) is 11.9 Å². The van der Waals surface area contributed by atoms with Crippen LogP contribution in [0.3, 0.4) is 0 Å². The van der Waals surface area contributed by atoms with Crippen molar-refractivity contribution in [3.05, 3.63) is 17.3 Å². The van der Waals surface area contributed by atoms with Crippen molar-refractivity contribution >= 4 is 23.5 Å². The SMILES string of the molecule is Cc1nc(C)c(/C=N/NC(=S)N(C)C)o1. The van der Waals surface area contributed by atoms with Crippen LogP contribution in [0.15, 0.2) is 9.52 Å². The first kappa shape index (κ1) is 11.6. The number of aromatic nitrogens is 1. The van der Waals surface area contributed by atoms with Gasteiger partial charge >= 0.3 is 0 Å². The molecule has 15 heavy (non-hydrogen) atoms. The van der Waals surface area contributed by atoms with Gasteiger partial charge in [-0.15, -0.1) is 0 Å². The molecule has 0 aromatic carbocycles. The zero-order valence-corrected chi connectivity index (χ0v) is 10.1. The number of rotatable bonds is 2. The number of nitrogens with one attached hydrogen (secondary N) is 1. The Bertz CT molecular complexity index is 383. The van der Waals surface area contributed by atoms with E-state index in [1.165, 1.54) is 0 Å². The molecule has 0 unspecified atom stereocenters. The fraction of sp³-hybridized carbons (Fsp3) is 0.444. The number of aryl methyl sites for hydroxylation is 2. The summed E-state index contributed by atoms with van der Waals surface area (Å²) in [4.78, 5) is 5.87. The minimum atomic E-state index is 0.542. The number of nitrogens with zero attached hydrogens (tertiary/aromatic N) is 3. The summed E-state index contributed by atoms with van der Waals surface area (Å²) in [6.45, 7) is 3.66. The predicted octanol–water partition coefficient (Wildman–Crippen LogP) is 1.06. The summed E-state index contributed by atoms with van der Waals surface area (Å²) in [7, 11) is 3.68. The van der Waals surface area contributed by atoms with E-state index in [0.29, 0.717) is 16.8 Å². The smallest absolute Gasteiger partial charge is 0.192 e. The van der Waals surface area contributed by atoms with Crippen molar-refractivity contribution in [3.8, 4) is 0 Å². The van der Waals surface area contributed by atoms with Gasteiger partial charge in [-0.1, -0.05) is 0 Å². The molecule has 0 aliphatic heterocycles. The second-order valence-electron chi connectivity index (χ2n) is 3.25. The van der Waals surface area contributed by atoms with Crippen molar-refractivity contribution in [1.82, 2.24) is 15.3 Å². The molecular weight excluding hydrogens is 212 g/mol. The standard InChI is InChI=1S/C9H14N4OS/c1-6-8(14-7(2)11-6)5-10-12-9(15)13(3)4/h5H,1-4H3,(H,12,15)/b10-5+. The van der Waals surface area contributed by atoms with Gasteiger partial charge in [0.15, 0.2) is 16.8 Å². The van der Waals surface area contributed by atoms with Gasteiger partial charge in [-0.2, -0.15) is 5.10 Å². The highest BCUT2D eigenvalue weighted by Gasteiger charge is 2.03. The Morgan fingerprint density at radius 3 is 2.67 bits per heavy atom. The van der Waals surface area contributed by atoms with E-state index >= 15 is 0 Å². The molecule has 0 saturated heterocycles. The van der Waals surface area contributed by atoms with Gasteiger partial charge < -0.3 is 9.32 Å². The molecule has 1 aromatic rings. The van der Waals surface area contributed by atoms with Crippen LogP contribution in [-0.4, -0.2) is 35.3 Å². The molecule has 5 nitrogen and oxygen atoms in total. The summed E-state index contributed by atoms with van der Waals surface area (Å²) >= 11 is 4.99. The number of hydrogen-bond donors (Lipinski definition) is 1. The van der Waals surface area contributed by atoms with Gasteiger partial charge in [0.25, 0.3) is 0 Å². The third-order valence-corrected chi connectivity index (χ3v) is 2.14. The van der Waals surface area contributed by atoms with Crippen molar-refractivity contribution in [3.63, 3.8) is 0 Å². The maximum Gasteiger partial charge on any atom is 0.192 e. The number of thiocarbonyl (C=S) groups is 1. The first-order chi connectivity index (χ1) is 7.00. The summed E-state index contributed by atoms with van der Waals surface area (Å²) in [5, 5.41) is 4.49. The van der Waals surface area contributed by atoms with Crippen LogP contribution in [0.25, 0.3) is 0 Å². The molecule has 1 N–H and O–H groups in total. The molecule has 0 bridgehead atoms. The van der Waals surface area contributed by atoms with Crippen molar-refractivity contribution in [1.29, 1.82) is 0 Å². The minimum absolute atomic E-state index is 0.542. The number of hydrogen-bond acceptors (Lipinski definition) is 4. The van der Waals surface area contributed by atoms with Crippen LogP contribution in [0.1, 0.15) is 17.3 Å². The Hall–Kier alpha value is -1.43. The average Bonchev–Trinajstić information content (AvgIpc) is 2.45. The Balaban J connectivity index is 2.59. The molecular formula is C9H14N4OS. The fourth-order valence-electron chi connectivity index (χ4n) is 0.913. The van der Waals surface area contributed by atoms with Crippen LogP contribution in [0.2, 0.25) is 0 Å². The first-order valence-electron chi connectivity index (χ1n) is 4.45. The van der Waals surface area contributed by atoms with Gasteiger partial charge in [0.1, 0.15) is 0 Å². The van der Waals surface area contributed by atoms with Gasteiger partial charge in [0, 0.05) is 21.0 Å². The predicted molar refractivity (Wildman–Crippen MR) is 63.0 cm³/mol. The Labute approximate surface area is 94.2 Å². The largest absolute Gasteiger partial charge is 0.440 e. The molecule has 0 spiro atoms. The molecule has 0 amide bonds. The zero-order chi connectivity index (χ0) is 11.4. The van der Waals surface area contributed by atoms with Crippen LogP contribution in [0, 0.1) is 13.8 Å². The molecule has 0 aliphatic carbocycles. The van der Waals surface area contributed by atoms with Gasteiger partial charge in [-0.05, 0) is 19.1 Å². The van der Waals surface area contributed by atoms with Crippen molar-refractivity contribution in [2.75, 3.05) is 14.1 Å². The summed E-state index contributed by atoms with van der Waals surface area (Å²) in [5.41, 5.74) is 3.52. The average molecular weight is 226 g/mol. The van der Waals surface area contributed by atoms with Gasteiger partial charge in [-0.3, -0.25) is 5.43 Å². The van der Waals surface area contributed by atoms with E-state index in [0.717, 1.165) is 5.69 Å². The molecule has 1 aromatic heterocycles. The number of oxazole rings is 1. The second-order valence-corrected chi connectivity index (χ2v) is 3.64. The highest BCUT2D eigenvalue weighted by atomic mass is 32.1. The Morgan fingerprint density at radius 2 is 2.20 bits per heavy atom. The maximum atomic E-state index is 5.30. The van der Waals surface area contributed by atoms with Gasteiger partial charge in [-0.25, -0.2) is 4.98 Å². The lowest BCUT2D eigenvalue weighted by molar-refractivity contribution is 0.514. The summed E-state index contributed by atoms with van der Waals surface area (Å²) in [6.07, 6.45) is 1.56. The third-order valence-electron chi connectivity index (χ3n) is 1.69. The maximum absolute atomic E-state index is 5.30. The van der Waals surface area contributed by atoms with E-state index in [1.54, 1.807) is 18.0 Å². The number of hydrazone groups is 1. The van der Waals surface area contributed by atoms with Crippen LogP contribution in [0.4, 0.5) is 0 Å². The molecule has 0 fully saturated rings. The molecule has 6 heteroatoms. The van der Waals surface area contributed by atoms with E-state index in [9.17, 15) is 0 Å². The fourth-order valence-corrected chi connectivity index (χ4v) is 0.966. The molecule has 0 aliphatic rings. The summed E-state index contributed by atoms with van der Waals surface area (Å²) < 4.78 is 5.30. The van der Waals surface area contributed by atoms with E-state index in [1.807, 2.05) is 21.0 Å². The summed E-state index contributed by atoms with van der Waals surface area (Å²) in [5.74, 6) is 1.27. The lowest BCUT2D eigenvalue weighted by atomic mass is 10.4. The topological polar surface area (TPSA) is 53.7 Å². The monoisotopic (exact) mass is 226 g/mol. The molecule has 0 atom stereocenters. The second kappa shape index (κ2) is 4.88. The Kier molecular flexibility index (Phi) is 3.79. The van der Waals surface area contributed by atoms with Crippen molar-refractivity contribution < 1.29 is 4.42 Å². The molecule has 1 rings (SSSR count). The minimum Gasteiger partial charge on any atom is -0.440 e. The van der Waals surface area contributed by atoms with Crippen LogP contribution in [-0.2, 0) is 0 Å². The van der Waals surface area contributed by atoms with Crippen LogP contribution in [0.5, 0.6) is 0 Å². The van der Waals surface area contributed by atoms with E-state index in [2.05, 4.69) is 15.5 Å². The molecule has 0 radical (unpaired) electrons. The lowest BCUT2D eigenvalue weighted by Gasteiger charge is -2.11. The van der Waals surface area contributed by atoms with Gasteiger partial charge in [0.2, 0.25) is 0 Å². The highest BCUT2D eigenvalue weighted by Crippen LogP contribution is 2.05. The summed E-state index contributed by atoms with van der Waals surface area (Å²) in [6, 6.07) is 0. The van der Waals surface area contributed by atoms with Crippen molar-refractivity contribution in [2.24, 2.45) is 5.10 Å². The first-order valence-corrected chi connectivity index (χ1v) is 4.86. The molecule has 0 saturated carbocycles. The lowest BCUT2D eigenvalue weighted by Crippen LogP contribution is -2.30. The zero-order valence-electron chi connectivity index (χ0n) is 9.24. The van der Waals surface area contributed by atoms with Crippen LogP contribution < -0.4 is 5.43 Å². The quantitative estimate of drug-likeness (QED) is 0.464. The van der Waals surface area contributed by atoms with E-state index in [-0.39, 0.29) is 0 Å². The van der Waals surface area contributed by atoms with Crippen LogP contribution >= 0.6 is 12.2 Å². The highest BCUT2D eigenvalue weighted by molar-refractivity contribution is 7.80. The molecule has 82 valence electrons. The molecule has 1 heterocycles. The Morgan fingerprint density at radius 1 is 1.53 bits per heavy atom. The van der Waals surface area contributed by atoms with E-state index < -0.39 is 0 Å². The van der Waals surface area contributed by atoms with E-state index in [4.69, 9.17) is 16.6 Å². The normalized spacial score (nSPS) is 10.7.